The summed E-state index contributed by atoms with van der Waals surface area (Å²) in [5.74, 6) is -1.50. The third kappa shape index (κ3) is 4.57. The first kappa shape index (κ1) is 22.0. The third-order valence-corrected chi connectivity index (χ3v) is 5.74. The van der Waals surface area contributed by atoms with Crippen LogP contribution in [0.3, 0.4) is 0 Å². The molecule has 3 rings (SSSR count). The topological polar surface area (TPSA) is 63.7 Å². The lowest BCUT2D eigenvalue weighted by Crippen LogP contribution is -2.31. The number of aryl methyl sites for hydroxylation is 2. The predicted octanol–water partition coefficient (Wildman–Crippen LogP) is 4.63. The van der Waals surface area contributed by atoms with Gasteiger partial charge < -0.3 is 9.64 Å². The summed E-state index contributed by atoms with van der Waals surface area (Å²) >= 11 is 5.85. The van der Waals surface area contributed by atoms with Crippen molar-refractivity contribution in [1.82, 2.24) is 0 Å². The van der Waals surface area contributed by atoms with Gasteiger partial charge in [0, 0.05) is 29.2 Å². The number of carbonyl (C=O) groups excluding carboxylic acids is 3. The van der Waals surface area contributed by atoms with Crippen molar-refractivity contribution in [3.63, 3.8) is 0 Å². The largest absolute Gasteiger partial charge is 0.454 e. The summed E-state index contributed by atoms with van der Waals surface area (Å²) in [4.78, 5) is 39.7. The molecule has 1 fully saturated rings. The van der Waals surface area contributed by atoms with E-state index >= 15 is 0 Å². The Bertz CT molecular complexity index is 932. The molecule has 6 heteroatoms. The molecular formula is C24H26ClNO4. The number of amides is 1. The van der Waals surface area contributed by atoms with Crippen LogP contribution in [0.4, 0.5) is 5.69 Å². The Morgan fingerprint density at radius 2 is 1.70 bits per heavy atom. The van der Waals surface area contributed by atoms with E-state index in [0.717, 1.165) is 29.7 Å². The molecule has 158 valence electrons. The molecule has 30 heavy (non-hydrogen) atoms. The van der Waals surface area contributed by atoms with Crippen molar-refractivity contribution in [2.24, 2.45) is 5.92 Å². The number of ether oxygens (including phenoxy) is 1. The van der Waals surface area contributed by atoms with Gasteiger partial charge in [-0.2, -0.15) is 0 Å². The van der Waals surface area contributed by atoms with E-state index in [2.05, 4.69) is 13.8 Å². The van der Waals surface area contributed by atoms with Gasteiger partial charge in [0.15, 0.2) is 6.10 Å². The number of anilines is 1. The second kappa shape index (κ2) is 9.43. The quantitative estimate of drug-likeness (QED) is 0.477. The molecule has 0 aromatic heterocycles. The van der Waals surface area contributed by atoms with Gasteiger partial charge in [0.2, 0.25) is 11.7 Å². The van der Waals surface area contributed by atoms with E-state index in [1.165, 1.54) is 0 Å². The second-order valence-corrected chi connectivity index (χ2v) is 7.92. The molecular weight excluding hydrogens is 402 g/mol. The molecule has 0 aliphatic carbocycles. The van der Waals surface area contributed by atoms with Gasteiger partial charge in [0.1, 0.15) is 0 Å². The van der Waals surface area contributed by atoms with Crippen LogP contribution in [0, 0.1) is 5.92 Å². The van der Waals surface area contributed by atoms with Crippen LogP contribution in [0.2, 0.25) is 5.02 Å². The van der Waals surface area contributed by atoms with Crippen molar-refractivity contribution in [3.05, 3.63) is 64.2 Å². The summed E-state index contributed by atoms with van der Waals surface area (Å²) < 4.78 is 5.43. The Labute approximate surface area is 182 Å². The van der Waals surface area contributed by atoms with Gasteiger partial charge in [0.25, 0.3) is 0 Å². The number of halogens is 1. The molecule has 1 aliphatic heterocycles. The third-order valence-electron chi connectivity index (χ3n) is 5.48. The highest BCUT2D eigenvalue weighted by Crippen LogP contribution is 2.33. The fourth-order valence-corrected chi connectivity index (χ4v) is 3.94. The number of Topliss-reactive ketones (excluding diaryl/α,β-unsaturated/α-hetero) is 1. The van der Waals surface area contributed by atoms with Gasteiger partial charge in [-0.05, 0) is 55.2 Å². The average Bonchev–Trinajstić information content (AvgIpc) is 3.14. The van der Waals surface area contributed by atoms with E-state index in [0.29, 0.717) is 10.6 Å². The van der Waals surface area contributed by atoms with Crippen LogP contribution in [-0.2, 0) is 27.2 Å². The lowest BCUT2D eigenvalue weighted by atomic mass is 10.0. The first-order valence-electron chi connectivity index (χ1n) is 10.3. The minimum absolute atomic E-state index is 0.0852. The first-order chi connectivity index (χ1) is 14.3. The maximum Gasteiger partial charge on any atom is 0.312 e. The van der Waals surface area contributed by atoms with Gasteiger partial charge in [-0.15, -0.1) is 0 Å². The predicted molar refractivity (Wildman–Crippen MR) is 117 cm³/mol. The standard InChI is InChI=1S/C24H26ClNO4/c1-4-16-7-6-8-17(5-2)22(16)26-14-19(13-21(26)27)24(29)30-15(3)23(28)18-9-11-20(25)12-10-18/h6-12,15,19H,4-5,13-14H2,1-3H3/t15-,19+/m1/s1. The number of para-hydroxylation sites is 1. The molecule has 5 nitrogen and oxygen atoms in total. The molecule has 2 aromatic carbocycles. The first-order valence-corrected chi connectivity index (χ1v) is 10.6. The Morgan fingerprint density at radius 1 is 1.10 bits per heavy atom. The molecule has 0 unspecified atom stereocenters. The van der Waals surface area contributed by atoms with Crippen molar-refractivity contribution in [2.45, 2.75) is 46.1 Å². The lowest BCUT2D eigenvalue weighted by Gasteiger charge is -2.23. The van der Waals surface area contributed by atoms with Gasteiger partial charge in [-0.3, -0.25) is 14.4 Å². The summed E-state index contributed by atoms with van der Waals surface area (Å²) in [6.45, 7) is 5.91. The molecule has 0 radical (unpaired) electrons. The zero-order chi connectivity index (χ0) is 21.8. The number of hydrogen-bond donors (Lipinski definition) is 0. The van der Waals surface area contributed by atoms with Crippen LogP contribution >= 0.6 is 11.6 Å². The molecule has 1 amide bonds. The van der Waals surface area contributed by atoms with Gasteiger partial charge in [-0.25, -0.2) is 0 Å². The zero-order valence-corrected chi connectivity index (χ0v) is 18.2. The summed E-state index contributed by atoms with van der Waals surface area (Å²) in [6.07, 6.45) is 0.752. The fraction of sp³-hybridized carbons (Fsp3) is 0.375. The van der Waals surface area contributed by atoms with Crippen LogP contribution in [0.15, 0.2) is 42.5 Å². The molecule has 2 atom stereocenters. The Balaban J connectivity index is 1.71. The van der Waals surface area contributed by atoms with Crippen molar-refractivity contribution in [2.75, 3.05) is 11.4 Å². The molecule has 1 heterocycles. The van der Waals surface area contributed by atoms with Crippen LogP contribution in [0.1, 0.15) is 48.7 Å². The summed E-state index contributed by atoms with van der Waals surface area (Å²) in [6, 6.07) is 12.5. The van der Waals surface area contributed by atoms with E-state index in [9.17, 15) is 14.4 Å². The van der Waals surface area contributed by atoms with Crippen molar-refractivity contribution in [3.8, 4) is 0 Å². The molecule has 0 spiro atoms. The lowest BCUT2D eigenvalue weighted by molar-refractivity contribution is -0.151. The van der Waals surface area contributed by atoms with E-state index < -0.39 is 18.0 Å². The van der Waals surface area contributed by atoms with E-state index in [-0.39, 0.29) is 24.7 Å². The number of carbonyl (C=O) groups is 3. The average molecular weight is 428 g/mol. The fourth-order valence-electron chi connectivity index (χ4n) is 3.82. The number of nitrogens with zero attached hydrogens (tertiary/aromatic N) is 1. The molecule has 2 aromatic rings. The number of ketones is 1. The molecule has 0 N–H and O–H groups in total. The number of esters is 1. The summed E-state index contributed by atoms with van der Waals surface area (Å²) in [5, 5.41) is 0.527. The Hall–Kier alpha value is -2.66. The maximum absolute atomic E-state index is 12.7. The van der Waals surface area contributed by atoms with E-state index in [4.69, 9.17) is 16.3 Å². The molecule has 1 aliphatic rings. The smallest absolute Gasteiger partial charge is 0.312 e. The van der Waals surface area contributed by atoms with Crippen LogP contribution in [0.25, 0.3) is 0 Å². The minimum Gasteiger partial charge on any atom is -0.454 e. The highest BCUT2D eigenvalue weighted by atomic mass is 35.5. The monoisotopic (exact) mass is 427 g/mol. The van der Waals surface area contributed by atoms with Crippen LogP contribution in [0.5, 0.6) is 0 Å². The van der Waals surface area contributed by atoms with Crippen LogP contribution in [-0.4, -0.2) is 30.3 Å². The molecule has 1 saturated heterocycles. The van der Waals surface area contributed by atoms with Crippen molar-refractivity contribution >= 4 is 34.9 Å². The molecule has 0 saturated carbocycles. The number of benzene rings is 2. The minimum atomic E-state index is -0.933. The van der Waals surface area contributed by atoms with Crippen LogP contribution < -0.4 is 4.90 Å². The summed E-state index contributed by atoms with van der Waals surface area (Å²) in [5.41, 5.74) is 3.51. The number of rotatable bonds is 7. The Kier molecular flexibility index (Phi) is 6.93. The normalized spacial score (nSPS) is 17.1. The number of hydrogen-bond acceptors (Lipinski definition) is 4. The van der Waals surface area contributed by atoms with Gasteiger partial charge in [0.05, 0.1) is 5.92 Å². The van der Waals surface area contributed by atoms with Crippen molar-refractivity contribution < 1.29 is 19.1 Å². The van der Waals surface area contributed by atoms with Gasteiger partial charge >= 0.3 is 5.97 Å². The second-order valence-electron chi connectivity index (χ2n) is 7.49. The SMILES string of the molecule is CCc1cccc(CC)c1N1C[C@@H](C(=O)O[C@H](C)C(=O)c2ccc(Cl)cc2)CC1=O. The zero-order valence-electron chi connectivity index (χ0n) is 17.5. The maximum atomic E-state index is 12.7. The molecule has 0 bridgehead atoms. The Morgan fingerprint density at radius 3 is 2.27 bits per heavy atom. The highest BCUT2D eigenvalue weighted by Gasteiger charge is 2.38. The van der Waals surface area contributed by atoms with Crippen molar-refractivity contribution in [1.29, 1.82) is 0 Å². The van der Waals surface area contributed by atoms with Gasteiger partial charge in [-0.1, -0.05) is 43.6 Å². The highest BCUT2D eigenvalue weighted by molar-refractivity contribution is 6.30. The van der Waals surface area contributed by atoms with E-state index in [1.54, 1.807) is 36.1 Å². The summed E-state index contributed by atoms with van der Waals surface area (Å²) in [7, 11) is 0. The van der Waals surface area contributed by atoms with E-state index in [1.807, 2.05) is 18.2 Å².